The van der Waals surface area contributed by atoms with Crippen molar-refractivity contribution in [1.82, 2.24) is 20.2 Å². The molecule has 2 aliphatic carbocycles. The normalized spacial score (nSPS) is 26.7. The number of nitrogens with one attached hydrogen (secondary N) is 2. The second kappa shape index (κ2) is 12.9. The van der Waals surface area contributed by atoms with Crippen LogP contribution in [0.1, 0.15) is 52.4 Å². The number of amides is 2. The molecule has 6 rings (SSSR count). The minimum atomic E-state index is -1.33. The van der Waals surface area contributed by atoms with Crippen LogP contribution in [-0.2, 0) is 14.4 Å². The first-order valence-electron chi connectivity index (χ1n) is 15.9. The molecule has 3 aliphatic rings. The Morgan fingerprint density at radius 1 is 1.15 bits per heavy atom. The number of carboxylic acids is 1. The number of pyridine rings is 1. The van der Waals surface area contributed by atoms with Gasteiger partial charge in [-0.3, -0.25) is 9.59 Å². The molecule has 0 saturated heterocycles. The predicted octanol–water partition coefficient (Wildman–Crippen LogP) is 5.12. The van der Waals surface area contributed by atoms with Gasteiger partial charge < -0.3 is 30.1 Å². The molecule has 0 spiro atoms. The third-order valence-electron chi connectivity index (χ3n) is 9.23. The van der Waals surface area contributed by atoms with Crippen LogP contribution in [0, 0.1) is 17.8 Å². The number of benzene rings is 1. The second-order valence-electron chi connectivity index (χ2n) is 12.9. The number of nitrogens with zero attached hydrogens (tertiary/aromatic N) is 3. The van der Waals surface area contributed by atoms with Crippen LogP contribution in [0.5, 0.6) is 11.5 Å². The molecule has 0 unspecified atom stereocenters. The fourth-order valence-electron chi connectivity index (χ4n) is 6.61. The molecule has 244 valence electrons. The molecule has 0 radical (unpaired) electrons. The number of methoxy groups -OCH3 is 1. The van der Waals surface area contributed by atoms with Crippen molar-refractivity contribution in [2.24, 2.45) is 17.8 Å². The molecular weight excluding hydrogens is 606 g/mol. The van der Waals surface area contributed by atoms with E-state index >= 15 is 0 Å². The van der Waals surface area contributed by atoms with Crippen LogP contribution in [0.3, 0.4) is 0 Å². The van der Waals surface area contributed by atoms with E-state index in [1.807, 2.05) is 41.8 Å². The second-order valence-corrected chi connectivity index (χ2v) is 13.8. The lowest BCUT2D eigenvalue weighted by Gasteiger charge is -2.26. The van der Waals surface area contributed by atoms with E-state index in [1.54, 1.807) is 19.1 Å². The van der Waals surface area contributed by atoms with Gasteiger partial charge in [-0.05, 0) is 64.5 Å². The Kier molecular flexibility index (Phi) is 8.91. The van der Waals surface area contributed by atoms with E-state index in [4.69, 9.17) is 19.4 Å². The van der Waals surface area contributed by atoms with Gasteiger partial charge in [0.25, 0.3) is 0 Å². The first-order valence-corrected chi connectivity index (χ1v) is 16.8. The number of hydrogen-bond donors (Lipinski definition) is 3. The highest BCUT2D eigenvalue weighted by Crippen LogP contribution is 2.47. The predicted molar refractivity (Wildman–Crippen MR) is 176 cm³/mol. The maximum atomic E-state index is 13.8. The molecule has 5 atom stereocenters. The van der Waals surface area contributed by atoms with Gasteiger partial charge in [0.15, 0.2) is 5.13 Å². The van der Waals surface area contributed by atoms with E-state index in [9.17, 15) is 19.5 Å². The molecular formula is C34H41N5O6S. The lowest BCUT2D eigenvalue weighted by atomic mass is 9.93. The number of thiazole rings is 1. The highest BCUT2D eigenvalue weighted by Gasteiger charge is 2.61. The van der Waals surface area contributed by atoms with Crippen molar-refractivity contribution >= 4 is 45.2 Å². The summed E-state index contributed by atoms with van der Waals surface area (Å²) in [4.78, 5) is 51.2. The summed E-state index contributed by atoms with van der Waals surface area (Å²) < 4.78 is 12.1. The Balaban J connectivity index is 1.32. The molecule has 0 bridgehead atoms. The SMILES string of the molecule is COc1ccc2c(O[C@@H]3C[C@H]4C(=O)N[C@]5(C(=O)O)C[C@H]5C=CCCCCN(C)C(=O)[C@@H]4C3)cc(-c3csc(NC(C)C)n3)nc2c1. The van der Waals surface area contributed by atoms with Crippen LogP contribution < -0.4 is 20.1 Å². The highest BCUT2D eigenvalue weighted by atomic mass is 32.1. The van der Waals surface area contributed by atoms with Gasteiger partial charge in [0.05, 0.1) is 30.2 Å². The van der Waals surface area contributed by atoms with E-state index in [0.717, 1.165) is 29.8 Å². The molecule has 1 aromatic carbocycles. The standard InChI is InChI=1S/C34H41N5O6S/c1-19(2)35-33-37-28(18-46-33)27-16-29(23-11-10-21(44-4)15-26(23)36-27)45-22-13-24-25(14-22)31(41)39(3)12-8-6-5-7-9-20-17-34(20,32(42)43)38-30(24)40/h7,9-11,15-16,18-20,22,24-25H,5-6,8,12-14,17H2,1-4H3,(H,35,37)(H,38,40)(H,42,43)/t20-,22-,24-,25-,34-/m1/s1. The fourth-order valence-corrected chi connectivity index (χ4v) is 7.46. The molecule has 11 nitrogen and oxygen atoms in total. The van der Waals surface area contributed by atoms with Gasteiger partial charge in [-0.15, -0.1) is 11.3 Å². The molecule has 2 amide bonds. The molecule has 12 heteroatoms. The van der Waals surface area contributed by atoms with Crippen molar-refractivity contribution in [3.05, 3.63) is 41.8 Å². The van der Waals surface area contributed by atoms with E-state index in [2.05, 4.69) is 24.5 Å². The van der Waals surface area contributed by atoms with Gasteiger partial charge in [0, 0.05) is 48.5 Å². The maximum absolute atomic E-state index is 13.8. The summed E-state index contributed by atoms with van der Waals surface area (Å²) in [6, 6.07) is 7.66. The van der Waals surface area contributed by atoms with Crippen molar-refractivity contribution in [2.45, 2.75) is 70.1 Å². The molecule has 2 aromatic heterocycles. The number of fused-ring (bicyclic) bond motifs is 3. The zero-order valence-corrected chi connectivity index (χ0v) is 27.4. The number of carbonyl (C=O) groups excluding carboxylic acids is 2. The lowest BCUT2D eigenvalue weighted by molar-refractivity contribution is -0.145. The van der Waals surface area contributed by atoms with E-state index in [0.29, 0.717) is 47.8 Å². The minimum absolute atomic E-state index is 0.117. The fraction of sp³-hybridized carbons (Fsp3) is 0.500. The summed E-state index contributed by atoms with van der Waals surface area (Å²) in [6.07, 6.45) is 6.92. The smallest absolute Gasteiger partial charge is 0.330 e. The number of aromatic nitrogens is 2. The number of allylic oxidation sites excluding steroid dienone is 1. The maximum Gasteiger partial charge on any atom is 0.330 e. The first kappa shape index (κ1) is 31.8. The third kappa shape index (κ3) is 6.40. The summed E-state index contributed by atoms with van der Waals surface area (Å²) >= 11 is 1.50. The van der Waals surface area contributed by atoms with Crippen molar-refractivity contribution in [3.8, 4) is 22.9 Å². The van der Waals surface area contributed by atoms with Gasteiger partial charge in [0.2, 0.25) is 11.8 Å². The average molecular weight is 648 g/mol. The van der Waals surface area contributed by atoms with Crippen LogP contribution >= 0.6 is 11.3 Å². The quantitative estimate of drug-likeness (QED) is 0.298. The zero-order chi connectivity index (χ0) is 32.6. The van der Waals surface area contributed by atoms with Crippen molar-refractivity contribution in [2.75, 3.05) is 26.0 Å². The summed E-state index contributed by atoms with van der Waals surface area (Å²) in [6.45, 7) is 4.69. The van der Waals surface area contributed by atoms with Crippen LogP contribution in [0.15, 0.2) is 41.8 Å². The number of aliphatic carboxylic acids is 1. The van der Waals surface area contributed by atoms with Crippen molar-refractivity contribution < 1.29 is 29.0 Å². The van der Waals surface area contributed by atoms with Crippen LogP contribution in [0.2, 0.25) is 0 Å². The monoisotopic (exact) mass is 647 g/mol. The third-order valence-corrected chi connectivity index (χ3v) is 10.00. The summed E-state index contributed by atoms with van der Waals surface area (Å²) in [7, 11) is 3.37. The van der Waals surface area contributed by atoms with Crippen LogP contribution in [0.4, 0.5) is 5.13 Å². The molecule has 46 heavy (non-hydrogen) atoms. The number of anilines is 1. The van der Waals surface area contributed by atoms with E-state index in [-0.39, 0.29) is 24.3 Å². The number of carboxylic acid groups (broad SMARTS) is 1. The summed E-state index contributed by atoms with van der Waals surface area (Å²) in [5.74, 6) is -1.97. The Hall–Kier alpha value is -4.19. The Morgan fingerprint density at radius 3 is 2.72 bits per heavy atom. The number of hydrogen-bond acceptors (Lipinski definition) is 9. The Morgan fingerprint density at radius 2 is 1.96 bits per heavy atom. The molecule has 2 fully saturated rings. The number of carbonyl (C=O) groups is 3. The molecule has 3 N–H and O–H groups in total. The van der Waals surface area contributed by atoms with Gasteiger partial charge in [-0.25, -0.2) is 14.8 Å². The van der Waals surface area contributed by atoms with Crippen LogP contribution in [-0.4, -0.2) is 76.1 Å². The van der Waals surface area contributed by atoms with E-state index in [1.165, 1.54) is 11.3 Å². The van der Waals surface area contributed by atoms with E-state index < -0.39 is 35.4 Å². The van der Waals surface area contributed by atoms with Gasteiger partial charge >= 0.3 is 5.97 Å². The average Bonchev–Trinajstić information content (AvgIpc) is 3.31. The summed E-state index contributed by atoms with van der Waals surface area (Å²) in [5.41, 5.74) is 0.664. The topological polar surface area (TPSA) is 143 Å². The lowest BCUT2D eigenvalue weighted by Crippen LogP contribution is -2.49. The molecule has 3 aromatic rings. The largest absolute Gasteiger partial charge is 0.497 e. The molecule has 2 saturated carbocycles. The first-order chi connectivity index (χ1) is 22.1. The minimum Gasteiger partial charge on any atom is -0.497 e. The number of rotatable bonds is 7. The Bertz CT molecular complexity index is 1670. The zero-order valence-electron chi connectivity index (χ0n) is 26.6. The Labute approximate surface area is 272 Å². The van der Waals surface area contributed by atoms with Crippen molar-refractivity contribution in [3.63, 3.8) is 0 Å². The van der Waals surface area contributed by atoms with Crippen LogP contribution in [0.25, 0.3) is 22.3 Å². The molecule has 3 heterocycles. The van der Waals surface area contributed by atoms with Gasteiger partial charge in [-0.2, -0.15) is 0 Å². The molecule has 1 aliphatic heterocycles. The number of ether oxygens (including phenoxy) is 2. The van der Waals surface area contributed by atoms with Gasteiger partial charge in [-0.1, -0.05) is 12.2 Å². The highest BCUT2D eigenvalue weighted by molar-refractivity contribution is 7.14. The van der Waals surface area contributed by atoms with Crippen molar-refractivity contribution in [1.29, 1.82) is 0 Å². The summed E-state index contributed by atoms with van der Waals surface area (Å²) in [5, 5.41) is 19.8. The van der Waals surface area contributed by atoms with Gasteiger partial charge in [0.1, 0.15) is 28.8 Å².